The minimum atomic E-state index is -1.06. The predicted molar refractivity (Wildman–Crippen MR) is 91.7 cm³/mol. The van der Waals surface area contributed by atoms with Crippen molar-refractivity contribution in [2.45, 2.75) is 12.5 Å². The first-order chi connectivity index (χ1) is 11.6. The normalized spacial score (nSPS) is 11.9. The van der Waals surface area contributed by atoms with E-state index in [1.807, 2.05) is 30.3 Å². The number of carboxylic acids is 1. The van der Waals surface area contributed by atoms with E-state index in [2.05, 4.69) is 5.32 Å². The molecule has 2 aromatic rings. The fourth-order valence-electron chi connectivity index (χ4n) is 2.16. The van der Waals surface area contributed by atoms with Crippen LogP contribution < -0.4 is 10.1 Å². The molecule has 0 radical (unpaired) electrons. The topological polar surface area (TPSA) is 75.6 Å². The van der Waals surface area contributed by atoms with Gasteiger partial charge in [0.15, 0.2) is 0 Å². The van der Waals surface area contributed by atoms with Crippen LogP contribution in [0.2, 0.25) is 0 Å². The van der Waals surface area contributed by atoms with Crippen molar-refractivity contribution in [3.63, 3.8) is 0 Å². The molecule has 0 heterocycles. The van der Waals surface area contributed by atoms with E-state index in [-0.39, 0.29) is 6.42 Å². The van der Waals surface area contributed by atoms with E-state index in [0.717, 1.165) is 16.9 Å². The van der Waals surface area contributed by atoms with Crippen molar-refractivity contribution in [2.75, 3.05) is 7.11 Å². The van der Waals surface area contributed by atoms with Crippen molar-refractivity contribution in [2.24, 2.45) is 0 Å². The van der Waals surface area contributed by atoms with Gasteiger partial charge in [0, 0.05) is 12.5 Å². The standard InChI is InChI=1S/C19H19NO4/c1-24-16-10-7-14(8-11-16)9-12-18(21)20-17(19(22)23)13-15-5-3-2-4-6-15/h2-12,17H,13H2,1H3,(H,20,21)(H,22,23)/t17-/m1/s1. The van der Waals surface area contributed by atoms with Crippen molar-refractivity contribution in [1.82, 2.24) is 5.32 Å². The van der Waals surface area contributed by atoms with Crippen LogP contribution in [-0.2, 0) is 16.0 Å². The molecule has 0 saturated carbocycles. The van der Waals surface area contributed by atoms with Crippen molar-refractivity contribution >= 4 is 18.0 Å². The Morgan fingerprint density at radius 3 is 2.38 bits per heavy atom. The number of rotatable bonds is 7. The van der Waals surface area contributed by atoms with E-state index in [4.69, 9.17) is 4.74 Å². The summed E-state index contributed by atoms with van der Waals surface area (Å²) in [5, 5.41) is 11.8. The zero-order chi connectivity index (χ0) is 17.4. The number of nitrogens with one attached hydrogen (secondary N) is 1. The number of hydrogen-bond acceptors (Lipinski definition) is 3. The number of aliphatic carboxylic acids is 1. The summed E-state index contributed by atoms with van der Waals surface area (Å²) in [5.74, 6) is -0.787. The number of hydrogen-bond donors (Lipinski definition) is 2. The number of carboxylic acid groups (broad SMARTS) is 1. The number of methoxy groups -OCH3 is 1. The van der Waals surface area contributed by atoms with Gasteiger partial charge in [-0.1, -0.05) is 42.5 Å². The van der Waals surface area contributed by atoms with Crippen LogP contribution in [0.3, 0.4) is 0 Å². The summed E-state index contributed by atoms with van der Waals surface area (Å²) in [7, 11) is 1.58. The number of amides is 1. The quantitative estimate of drug-likeness (QED) is 0.767. The number of benzene rings is 2. The molecule has 0 unspecified atom stereocenters. The molecule has 1 atom stereocenters. The number of carbonyl (C=O) groups is 2. The molecule has 0 saturated heterocycles. The Kier molecular flexibility index (Phi) is 6.14. The third-order valence-electron chi connectivity index (χ3n) is 3.44. The summed E-state index contributed by atoms with van der Waals surface area (Å²) in [6, 6.07) is 15.4. The average molecular weight is 325 g/mol. The van der Waals surface area contributed by atoms with Crippen LogP contribution in [0.1, 0.15) is 11.1 Å². The van der Waals surface area contributed by atoms with Gasteiger partial charge in [-0.05, 0) is 29.3 Å². The lowest BCUT2D eigenvalue weighted by atomic mass is 10.1. The molecule has 0 fully saturated rings. The van der Waals surface area contributed by atoms with E-state index in [9.17, 15) is 14.7 Å². The third kappa shape index (κ3) is 5.28. The maximum Gasteiger partial charge on any atom is 0.326 e. The van der Waals surface area contributed by atoms with Crippen LogP contribution in [0.5, 0.6) is 5.75 Å². The van der Waals surface area contributed by atoms with E-state index >= 15 is 0 Å². The Labute approximate surface area is 140 Å². The van der Waals surface area contributed by atoms with Crippen molar-refractivity contribution < 1.29 is 19.4 Å². The lowest BCUT2D eigenvalue weighted by Crippen LogP contribution is -2.41. The highest BCUT2D eigenvalue weighted by molar-refractivity contribution is 5.94. The molecular formula is C19H19NO4. The van der Waals surface area contributed by atoms with Crippen LogP contribution in [0.4, 0.5) is 0 Å². The van der Waals surface area contributed by atoms with Gasteiger partial charge in [-0.3, -0.25) is 4.79 Å². The Balaban J connectivity index is 1.97. The van der Waals surface area contributed by atoms with Crippen molar-refractivity contribution in [3.05, 3.63) is 71.8 Å². The summed E-state index contributed by atoms with van der Waals surface area (Å²) < 4.78 is 5.06. The summed E-state index contributed by atoms with van der Waals surface area (Å²) in [5.41, 5.74) is 1.67. The van der Waals surface area contributed by atoms with Crippen LogP contribution in [-0.4, -0.2) is 30.1 Å². The van der Waals surface area contributed by atoms with E-state index < -0.39 is 17.9 Å². The van der Waals surface area contributed by atoms with Crippen LogP contribution in [0, 0.1) is 0 Å². The summed E-state index contributed by atoms with van der Waals surface area (Å²) in [6.07, 6.45) is 3.18. The van der Waals surface area contributed by atoms with E-state index in [1.54, 1.807) is 37.5 Å². The molecule has 0 aliphatic carbocycles. The molecule has 2 aromatic carbocycles. The average Bonchev–Trinajstić information content (AvgIpc) is 2.60. The second kappa shape index (κ2) is 8.53. The lowest BCUT2D eigenvalue weighted by Gasteiger charge is -2.13. The van der Waals surface area contributed by atoms with Crippen molar-refractivity contribution in [3.8, 4) is 5.75 Å². The molecule has 0 aliphatic rings. The molecule has 0 spiro atoms. The first-order valence-corrected chi connectivity index (χ1v) is 7.48. The van der Waals surface area contributed by atoms with Gasteiger partial charge in [-0.15, -0.1) is 0 Å². The summed E-state index contributed by atoms with van der Waals surface area (Å²) >= 11 is 0. The largest absolute Gasteiger partial charge is 0.497 e. The molecule has 2 N–H and O–H groups in total. The number of ether oxygens (including phenoxy) is 1. The number of carbonyl (C=O) groups excluding carboxylic acids is 1. The maximum atomic E-state index is 12.0. The highest BCUT2D eigenvalue weighted by Crippen LogP contribution is 2.12. The summed E-state index contributed by atoms with van der Waals surface area (Å²) in [4.78, 5) is 23.3. The molecule has 124 valence electrons. The van der Waals surface area contributed by atoms with Crippen LogP contribution in [0.15, 0.2) is 60.7 Å². The first-order valence-electron chi connectivity index (χ1n) is 7.48. The first kappa shape index (κ1) is 17.3. The van der Waals surface area contributed by atoms with E-state index in [0.29, 0.717) is 0 Å². The molecule has 2 rings (SSSR count). The zero-order valence-corrected chi connectivity index (χ0v) is 13.3. The van der Waals surface area contributed by atoms with Gasteiger partial charge >= 0.3 is 5.97 Å². The predicted octanol–water partition coefficient (Wildman–Crippen LogP) is 2.52. The smallest absolute Gasteiger partial charge is 0.326 e. The van der Waals surface area contributed by atoms with Gasteiger partial charge < -0.3 is 15.2 Å². The SMILES string of the molecule is COc1ccc(C=CC(=O)N[C@H](Cc2ccccc2)C(=O)O)cc1. The molecule has 5 heteroatoms. The second-order valence-corrected chi connectivity index (χ2v) is 5.20. The van der Waals surface area contributed by atoms with Crippen LogP contribution >= 0.6 is 0 Å². The monoisotopic (exact) mass is 325 g/mol. The molecular weight excluding hydrogens is 306 g/mol. The second-order valence-electron chi connectivity index (χ2n) is 5.20. The zero-order valence-electron chi connectivity index (χ0n) is 13.3. The lowest BCUT2D eigenvalue weighted by molar-refractivity contribution is -0.141. The van der Waals surface area contributed by atoms with Gasteiger partial charge in [-0.25, -0.2) is 4.79 Å². The molecule has 1 amide bonds. The van der Waals surface area contributed by atoms with Gasteiger partial charge in [0.25, 0.3) is 0 Å². The molecule has 24 heavy (non-hydrogen) atoms. The molecule has 0 bridgehead atoms. The minimum absolute atomic E-state index is 0.234. The highest BCUT2D eigenvalue weighted by Gasteiger charge is 2.19. The Bertz CT molecular complexity index is 708. The van der Waals surface area contributed by atoms with E-state index in [1.165, 1.54) is 6.08 Å². The highest BCUT2D eigenvalue weighted by atomic mass is 16.5. The van der Waals surface area contributed by atoms with Gasteiger partial charge in [-0.2, -0.15) is 0 Å². The van der Waals surface area contributed by atoms with Gasteiger partial charge in [0.2, 0.25) is 5.91 Å². The fraction of sp³-hybridized carbons (Fsp3) is 0.158. The molecule has 0 aliphatic heterocycles. The van der Waals surface area contributed by atoms with Gasteiger partial charge in [0.1, 0.15) is 11.8 Å². The maximum absolute atomic E-state index is 12.0. The Morgan fingerprint density at radius 2 is 1.79 bits per heavy atom. The van der Waals surface area contributed by atoms with Crippen molar-refractivity contribution in [1.29, 1.82) is 0 Å². The minimum Gasteiger partial charge on any atom is -0.497 e. The molecule has 0 aromatic heterocycles. The fourth-order valence-corrected chi connectivity index (χ4v) is 2.16. The molecule has 5 nitrogen and oxygen atoms in total. The summed E-state index contributed by atoms with van der Waals surface area (Å²) in [6.45, 7) is 0. The van der Waals surface area contributed by atoms with Gasteiger partial charge in [0.05, 0.1) is 7.11 Å². The Hall–Kier alpha value is -3.08. The third-order valence-corrected chi connectivity index (χ3v) is 3.44. The Morgan fingerprint density at radius 1 is 1.12 bits per heavy atom. The van der Waals surface area contributed by atoms with Crippen LogP contribution in [0.25, 0.3) is 6.08 Å².